The van der Waals surface area contributed by atoms with Crippen molar-refractivity contribution in [3.05, 3.63) is 84.6 Å². The molecule has 9 nitrogen and oxygen atoms in total. The first kappa shape index (κ1) is 30.9. The minimum Gasteiger partial charge on any atom is -0.493 e. The minimum atomic E-state index is -0.698. The van der Waals surface area contributed by atoms with Gasteiger partial charge in [-0.3, -0.25) is 9.59 Å². The van der Waals surface area contributed by atoms with Crippen molar-refractivity contribution < 1.29 is 23.9 Å². The van der Waals surface area contributed by atoms with Gasteiger partial charge in [-0.05, 0) is 88.3 Å². The molecule has 4 amide bonds. The molecule has 41 heavy (non-hydrogen) atoms. The van der Waals surface area contributed by atoms with Crippen LogP contribution in [0.15, 0.2) is 64.0 Å². The van der Waals surface area contributed by atoms with Gasteiger partial charge in [-0.25, -0.2) is 10.2 Å². The van der Waals surface area contributed by atoms with E-state index in [4.69, 9.17) is 56.5 Å². The normalized spacial score (nSPS) is 13.8. The fraction of sp³-hybridized carbons (Fsp3) is 0.0769. The number of hydrogen-bond acceptors (Lipinski definition) is 7. The Balaban J connectivity index is 1.38. The lowest BCUT2D eigenvalue weighted by molar-refractivity contribution is -0.123. The van der Waals surface area contributed by atoms with E-state index in [1.165, 1.54) is 19.2 Å². The smallest absolute Gasteiger partial charge is 0.338 e. The third-order valence-electron chi connectivity index (χ3n) is 5.23. The van der Waals surface area contributed by atoms with Gasteiger partial charge < -0.3 is 20.1 Å². The summed E-state index contributed by atoms with van der Waals surface area (Å²) in [5.41, 5.74) is 3.92. The first-order chi connectivity index (χ1) is 19.5. The molecule has 0 aliphatic carbocycles. The van der Waals surface area contributed by atoms with E-state index < -0.39 is 17.8 Å². The molecule has 1 heterocycles. The SMILES string of the molecule is COc1cc(/C=C2/SC(=S)N(NC(=O)Nc3ccc(Cl)c(Cl)c3)C2=O)ccc1OCC(=O)Nc1ccc(Br)c(Cl)c1. The van der Waals surface area contributed by atoms with Crippen LogP contribution in [0, 0.1) is 0 Å². The molecule has 1 aliphatic heterocycles. The number of carbonyl (C=O) groups excluding carboxylic acids is 3. The highest BCUT2D eigenvalue weighted by Crippen LogP contribution is 2.34. The van der Waals surface area contributed by atoms with Crippen molar-refractivity contribution in [3.8, 4) is 11.5 Å². The Morgan fingerprint density at radius 2 is 1.68 bits per heavy atom. The Morgan fingerprint density at radius 3 is 2.39 bits per heavy atom. The summed E-state index contributed by atoms with van der Waals surface area (Å²) in [6, 6.07) is 13.8. The monoisotopic (exact) mass is 714 g/mol. The lowest BCUT2D eigenvalue weighted by atomic mass is 10.2. The van der Waals surface area contributed by atoms with Crippen molar-refractivity contribution in [3.63, 3.8) is 0 Å². The summed E-state index contributed by atoms with van der Waals surface area (Å²) >= 11 is 27.5. The van der Waals surface area contributed by atoms with Crippen LogP contribution >= 0.6 is 74.7 Å². The number of nitrogens with zero attached hydrogens (tertiary/aromatic N) is 1. The van der Waals surface area contributed by atoms with Crippen molar-refractivity contribution in [1.29, 1.82) is 0 Å². The van der Waals surface area contributed by atoms with E-state index in [1.54, 1.807) is 48.5 Å². The molecule has 0 spiro atoms. The molecular formula is C26H18BrCl3N4O5S2. The van der Waals surface area contributed by atoms with Crippen LogP contribution in [-0.4, -0.2) is 40.9 Å². The van der Waals surface area contributed by atoms with Crippen LogP contribution in [0.3, 0.4) is 0 Å². The maximum absolute atomic E-state index is 13.0. The number of methoxy groups -OCH3 is 1. The van der Waals surface area contributed by atoms with Crippen LogP contribution in [0.4, 0.5) is 16.2 Å². The molecule has 0 radical (unpaired) electrons. The third-order valence-corrected chi connectivity index (χ3v) is 8.51. The topological polar surface area (TPSA) is 109 Å². The van der Waals surface area contributed by atoms with Gasteiger partial charge in [0, 0.05) is 15.8 Å². The Bertz CT molecular complexity index is 1590. The average molecular weight is 717 g/mol. The lowest BCUT2D eigenvalue weighted by Crippen LogP contribution is -2.46. The maximum atomic E-state index is 13.0. The van der Waals surface area contributed by atoms with Crippen LogP contribution in [0.5, 0.6) is 11.5 Å². The molecule has 1 saturated heterocycles. The minimum absolute atomic E-state index is 0.135. The van der Waals surface area contributed by atoms with Gasteiger partial charge in [0.1, 0.15) is 0 Å². The van der Waals surface area contributed by atoms with Crippen molar-refractivity contribution in [2.45, 2.75) is 0 Å². The van der Waals surface area contributed by atoms with E-state index in [0.29, 0.717) is 43.0 Å². The summed E-state index contributed by atoms with van der Waals surface area (Å²) in [7, 11) is 1.45. The molecular weight excluding hydrogens is 699 g/mol. The van der Waals surface area contributed by atoms with Gasteiger partial charge in [0.15, 0.2) is 22.4 Å². The van der Waals surface area contributed by atoms with Crippen LogP contribution in [0.1, 0.15) is 5.56 Å². The van der Waals surface area contributed by atoms with Gasteiger partial charge in [0.25, 0.3) is 11.8 Å². The summed E-state index contributed by atoms with van der Waals surface area (Å²) in [6.45, 7) is -0.280. The van der Waals surface area contributed by atoms with Crippen molar-refractivity contribution >= 4 is 114 Å². The van der Waals surface area contributed by atoms with Crippen molar-refractivity contribution in [2.75, 3.05) is 24.4 Å². The number of benzene rings is 3. The standard InChI is InChI=1S/C26H18BrCl3N4O5S2/c1-38-21-8-13(2-7-20(21)39-12-23(35)31-14-3-5-16(27)18(29)10-14)9-22-24(36)34(26(40)41-22)33-25(37)32-15-4-6-17(28)19(30)11-15/h2-11H,12H2,1H3,(H,31,35)(H2,32,33,37)/b22-9+. The Hall–Kier alpha value is -3.00. The number of amides is 4. The number of nitrogens with one attached hydrogen (secondary N) is 3. The number of thiocarbonyl (C=S) groups is 1. The predicted molar refractivity (Wildman–Crippen MR) is 170 cm³/mol. The number of rotatable bonds is 8. The molecule has 1 fully saturated rings. The number of halogens is 4. The van der Waals surface area contributed by atoms with Gasteiger partial charge >= 0.3 is 6.03 Å². The quantitative estimate of drug-likeness (QED) is 0.165. The van der Waals surface area contributed by atoms with E-state index in [-0.39, 0.29) is 20.9 Å². The zero-order valence-electron chi connectivity index (χ0n) is 20.8. The number of anilines is 2. The number of thioether (sulfide) groups is 1. The Labute approximate surface area is 267 Å². The molecule has 0 bridgehead atoms. The van der Waals surface area contributed by atoms with Gasteiger partial charge in [-0.2, -0.15) is 5.01 Å². The highest BCUT2D eigenvalue weighted by atomic mass is 79.9. The van der Waals surface area contributed by atoms with Gasteiger partial charge in [-0.1, -0.05) is 52.6 Å². The molecule has 3 N–H and O–H groups in total. The third kappa shape index (κ3) is 8.06. The molecule has 4 rings (SSSR count). The van der Waals surface area contributed by atoms with Crippen LogP contribution < -0.4 is 25.5 Å². The van der Waals surface area contributed by atoms with Gasteiger partial charge in [0.05, 0.1) is 27.1 Å². The summed E-state index contributed by atoms with van der Waals surface area (Å²) in [5.74, 6) is -0.253. The van der Waals surface area contributed by atoms with E-state index in [1.807, 2.05) is 0 Å². The molecule has 0 saturated carbocycles. The molecule has 212 valence electrons. The number of carbonyl (C=O) groups is 3. The second kappa shape index (κ2) is 13.8. The zero-order chi connectivity index (χ0) is 29.7. The van der Waals surface area contributed by atoms with E-state index in [9.17, 15) is 14.4 Å². The van der Waals surface area contributed by atoms with Crippen LogP contribution in [0.2, 0.25) is 15.1 Å². The summed E-state index contributed by atoms with van der Waals surface area (Å²) in [4.78, 5) is 38.0. The average Bonchev–Trinajstić information content (AvgIpc) is 3.19. The molecule has 15 heteroatoms. The van der Waals surface area contributed by atoms with E-state index in [2.05, 4.69) is 32.0 Å². The Kier molecular flexibility index (Phi) is 10.4. The number of ether oxygens (including phenoxy) is 2. The van der Waals surface area contributed by atoms with Gasteiger partial charge in [0.2, 0.25) is 0 Å². The summed E-state index contributed by atoms with van der Waals surface area (Å²) in [5, 5.41) is 7.28. The highest BCUT2D eigenvalue weighted by molar-refractivity contribution is 9.10. The zero-order valence-corrected chi connectivity index (χ0v) is 26.3. The molecule has 3 aromatic rings. The van der Waals surface area contributed by atoms with Crippen LogP contribution in [-0.2, 0) is 9.59 Å². The second-order valence-corrected chi connectivity index (χ2v) is 11.8. The first-order valence-electron chi connectivity index (χ1n) is 11.4. The lowest BCUT2D eigenvalue weighted by Gasteiger charge is -2.16. The summed E-state index contributed by atoms with van der Waals surface area (Å²) < 4.78 is 11.9. The number of hydrogen-bond donors (Lipinski definition) is 3. The predicted octanol–water partition coefficient (Wildman–Crippen LogP) is 7.37. The molecule has 1 aliphatic rings. The van der Waals surface area contributed by atoms with Crippen molar-refractivity contribution in [1.82, 2.24) is 10.4 Å². The molecule has 0 unspecified atom stereocenters. The largest absolute Gasteiger partial charge is 0.493 e. The highest BCUT2D eigenvalue weighted by Gasteiger charge is 2.33. The van der Waals surface area contributed by atoms with Crippen LogP contribution in [0.25, 0.3) is 6.08 Å². The fourth-order valence-corrected chi connectivity index (χ4v) is 5.26. The van der Waals surface area contributed by atoms with Crippen molar-refractivity contribution in [2.24, 2.45) is 0 Å². The number of urea groups is 1. The second-order valence-electron chi connectivity index (χ2n) is 8.09. The number of hydrazine groups is 1. The molecule has 0 atom stereocenters. The molecule has 3 aromatic carbocycles. The van der Waals surface area contributed by atoms with E-state index in [0.717, 1.165) is 16.8 Å². The summed E-state index contributed by atoms with van der Waals surface area (Å²) in [6.07, 6.45) is 1.59. The Morgan fingerprint density at radius 1 is 0.976 bits per heavy atom. The maximum Gasteiger partial charge on any atom is 0.338 e. The fourth-order valence-electron chi connectivity index (χ4n) is 3.36. The molecule has 0 aromatic heterocycles. The first-order valence-corrected chi connectivity index (χ1v) is 14.6. The van der Waals surface area contributed by atoms with Gasteiger partial charge in [-0.15, -0.1) is 0 Å². The van der Waals surface area contributed by atoms with E-state index >= 15 is 0 Å².